The average Bonchev–Trinajstić information content (AvgIpc) is 2.97. The summed E-state index contributed by atoms with van der Waals surface area (Å²) in [7, 11) is 0. The van der Waals surface area contributed by atoms with Crippen LogP contribution >= 0.6 is 0 Å². The molecule has 0 spiro atoms. The number of nitrogens with two attached hydrogens (primary N) is 1. The number of amides is 1. The summed E-state index contributed by atoms with van der Waals surface area (Å²) < 4.78 is 0. The quantitative estimate of drug-likeness (QED) is 0.905. The second kappa shape index (κ2) is 6.92. The third kappa shape index (κ3) is 3.96. The van der Waals surface area contributed by atoms with Crippen LogP contribution < -0.4 is 5.73 Å². The summed E-state index contributed by atoms with van der Waals surface area (Å²) in [4.78, 5) is 19.3. The maximum Gasteiger partial charge on any atom is 0.254 e. The van der Waals surface area contributed by atoms with Gasteiger partial charge in [-0.1, -0.05) is 33.6 Å². The molecule has 0 bridgehead atoms. The molecule has 1 aliphatic carbocycles. The number of hydrogen-bond donors (Lipinski definition) is 1. The Kier molecular flexibility index (Phi) is 5.21. The Morgan fingerprint density at radius 3 is 2.62 bits per heavy atom. The van der Waals surface area contributed by atoms with Crippen molar-refractivity contribution in [3.63, 3.8) is 0 Å². The molecule has 0 aliphatic heterocycles. The fourth-order valence-corrected chi connectivity index (χ4v) is 3.09. The summed E-state index contributed by atoms with van der Waals surface area (Å²) in [6.45, 7) is 7.16. The van der Waals surface area contributed by atoms with Crippen LogP contribution in [0, 0.1) is 5.92 Å². The Hall–Kier alpha value is -1.58. The molecule has 0 atom stereocenters. The van der Waals surface area contributed by atoms with E-state index in [1.54, 1.807) is 6.07 Å². The van der Waals surface area contributed by atoms with Crippen LogP contribution in [-0.4, -0.2) is 28.4 Å². The minimum atomic E-state index is 0.111. The van der Waals surface area contributed by atoms with Crippen molar-refractivity contribution in [1.29, 1.82) is 0 Å². The van der Waals surface area contributed by atoms with Gasteiger partial charge in [0.15, 0.2) is 0 Å². The first-order valence-electron chi connectivity index (χ1n) is 8.08. The lowest BCUT2D eigenvalue weighted by Gasteiger charge is -2.31. The van der Waals surface area contributed by atoms with E-state index in [1.165, 1.54) is 12.8 Å². The maximum atomic E-state index is 12.9. The van der Waals surface area contributed by atoms with E-state index in [0.717, 1.165) is 31.5 Å². The van der Waals surface area contributed by atoms with E-state index in [9.17, 15) is 4.79 Å². The van der Waals surface area contributed by atoms with Gasteiger partial charge >= 0.3 is 0 Å². The zero-order valence-electron chi connectivity index (χ0n) is 13.4. The first kappa shape index (κ1) is 15.8. The van der Waals surface area contributed by atoms with E-state index in [1.807, 2.05) is 13.0 Å². The molecule has 0 saturated heterocycles. The van der Waals surface area contributed by atoms with E-state index < -0.39 is 0 Å². The third-order valence-electron chi connectivity index (χ3n) is 4.10. The number of pyridine rings is 1. The fraction of sp³-hybridized carbons (Fsp3) is 0.647. The van der Waals surface area contributed by atoms with E-state index in [-0.39, 0.29) is 5.91 Å². The lowest BCUT2D eigenvalue weighted by atomic mass is 10.1. The van der Waals surface area contributed by atoms with Crippen LogP contribution in [0.2, 0.25) is 0 Å². The molecule has 2 N–H and O–H groups in total. The summed E-state index contributed by atoms with van der Waals surface area (Å²) >= 11 is 0. The molecule has 1 fully saturated rings. The Morgan fingerprint density at radius 1 is 1.38 bits per heavy atom. The summed E-state index contributed by atoms with van der Waals surface area (Å²) in [6.07, 6.45) is 5.49. The molecular weight excluding hydrogens is 262 g/mol. The topological polar surface area (TPSA) is 59.2 Å². The summed E-state index contributed by atoms with van der Waals surface area (Å²) in [5, 5.41) is 0. The number of anilines is 1. The Bertz CT molecular complexity index is 493. The summed E-state index contributed by atoms with van der Waals surface area (Å²) in [5.74, 6) is 1.02. The van der Waals surface area contributed by atoms with Gasteiger partial charge < -0.3 is 10.6 Å². The summed E-state index contributed by atoms with van der Waals surface area (Å²) in [5.41, 5.74) is 7.42. The van der Waals surface area contributed by atoms with Gasteiger partial charge in [0.05, 0.1) is 0 Å². The number of carbonyl (C=O) groups is 1. The molecule has 0 unspecified atom stereocenters. The van der Waals surface area contributed by atoms with Gasteiger partial charge in [-0.25, -0.2) is 4.98 Å². The molecule has 1 heterocycles. The van der Waals surface area contributed by atoms with Gasteiger partial charge in [-0.3, -0.25) is 4.79 Å². The highest BCUT2D eigenvalue weighted by Crippen LogP contribution is 2.26. The monoisotopic (exact) mass is 289 g/mol. The molecule has 0 aromatic carbocycles. The van der Waals surface area contributed by atoms with Crippen LogP contribution in [0.4, 0.5) is 5.82 Å². The number of aromatic nitrogens is 1. The van der Waals surface area contributed by atoms with Crippen LogP contribution in [-0.2, 0) is 6.42 Å². The third-order valence-corrected chi connectivity index (χ3v) is 4.10. The van der Waals surface area contributed by atoms with Crippen molar-refractivity contribution >= 4 is 11.7 Å². The SMILES string of the molecule is CCc1cc(C(=O)N(CC(C)C)C2CCCC2)cc(N)n1. The first-order valence-corrected chi connectivity index (χ1v) is 8.08. The Labute approximate surface area is 127 Å². The van der Waals surface area contributed by atoms with Crippen LogP contribution in [0.25, 0.3) is 0 Å². The van der Waals surface area contributed by atoms with Crippen molar-refractivity contribution in [2.45, 2.75) is 58.9 Å². The van der Waals surface area contributed by atoms with Crippen molar-refractivity contribution < 1.29 is 4.79 Å². The largest absolute Gasteiger partial charge is 0.384 e. The Balaban J connectivity index is 2.26. The molecule has 4 nitrogen and oxygen atoms in total. The van der Waals surface area contributed by atoms with Gasteiger partial charge in [0.2, 0.25) is 0 Å². The van der Waals surface area contributed by atoms with Crippen molar-refractivity contribution in [2.24, 2.45) is 5.92 Å². The zero-order chi connectivity index (χ0) is 15.4. The molecule has 1 amide bonds. The van der Waals surface area contributed by atoms with E-state index in [4.69, 9.17) is 5.73 Å². The van der Waals surface area contributed by atoms with E-state index >= 15 is 0 Å². The number of rotatable bonds is 5. The predicted molar refractivity (Wildman–Crippen MR) is 86.2 cm³/mol. The number of nitrogen functional groups attached to an aromatic ring is 1. The molecule has 1 aliphatic rings. The molecule has 116 valence electrons. The lowest BCUT2D eigenvalue weighted by Crippen LogP contribution is -2.41. The highest BCUT2D eigenvalue weighted by atomic mass is 16.2. The van der Waals surface area contributed by atoms with Gasteiger partial charge in [-0.2, -0.15) is 0 Å². The second-order valence-electron chi connectivity index (χ2n) is 6.42. The minimum Gasteiger partial charge on any atom is -0.384 e. The maximum absolute atomic E-state index is 12.9. The van der Waals surface area contributed by atoms with E-state index in [0.29, 0.717) is 23.3 Å². The van der Waals surface area contributed by atoms with Crippen LogP contribution in [0.15, 0.2) is 12.1 Å². The standard InChI is InChI=1S/C17H27N3O/c1-4-14-9-13(10-16(18)19-14)17(21)20(11-12(2)3)15-7-5-6-8-15/h9-10,12,15H,4-8,11H2,1-3H3,(H2,18,19). The molecule has 2 rings (SSSR count). The van der Waals surface area contributed by atoms with Crippen LogP contribution in [0.5, 0.6) is 0 Å². The number of hydrogen-bond acceptors (Lipinski definition) is 3. The molecule has 1 aromatic heterocycles. The normalized spacial score (nSPS) is 15.6. The number of aryl methyl sites for hydroxylation is 1. The van der Waals surface area contributed by atoms with Gasteiger partial charge in [0.1, 0.15) is 5.82 Å². The van der Waals surface area contributed by atoms with Gasteiger partial charge in [0, 0.05) is 23.8 Å². The smallest absolute Gasteiger partial charge is 0.254 e. The molecule has 21 heavy (non-hydrogen) atoms. The van der Waals surface area contributed by atoms with Gasteiger partial charge in [0.25, 0.3) is 5.91 Å². The molecule has 0 radical (unpaired) electrons. The van der Waals surface area contributed by atoms with Crippen molar-refractivity contribution in [1.82, 2.24) is 9.88 Å². The number of carbonyl (C=O) groups excluding carboxylic acids is 1. The molecule has 1 aromatic rings. The van der Waals surface area contributed by atoms with Crippen molar-refractivity contribution in [2.75, 3.05) is 12.3 Å². The highest BCUT2D eigenvalue weighted by molar-refractivity contribution is 5.95. The van der Waals surface area contributed by atoms with E-state index in [2.05, 4.69) is 23.7 Å². The Morgan fingerprint density at radius 2 is 2.05 bits per heavy atom. The summed E-state index contributed by atoms with van der Waals surface area (Å²) in [6, 6.07) is 3.99. The first-order chi connectivity index (χ1) is 10.0. The van der Waals surface area contributed by atoms with Gasteiger partial charge in [-0.15, -0.1) is 0 Å². The lowest BCUT2D eigenvalue weighted by molar-refractivity contribution is 0.0655. The second-order valence-corrected chi connectivity index (χ2v) is 6.42. The molecule has 4 heteroatoms. The van der Waals surface area contributed by atoms with Crippen molar-refractivity contribution in [3.05, 3.63) is 23.4 Å². The minimum absolute atomic E-state index is 0.111. The van der Waals surface area contributed by atoms with Crippen LogP contribution in [0.1, 0.15) is 62.5 Å². The van der Waals surface area contributed by atoms with Crippen LogP contribution in [0.3, 0.4) is 0 Å². The van der Waals surface area contributed by atoms with Crippen molar-refractivity contribution in [3.8, 4) is 0 Å². The number of nitrogens with zero attached hydrogens (tertiary/aromatic N) is 2. The molecule has 1 saturated carbocycles. The predicted octanol–water partition coefficient (Wildman–Crippen LogP) is 3.27. The molecular formula is C17H27N3O. The fourth-order valence-electron chi connectivity index (χ4n) is 3.09. The zero-order valence-corrected chi connectivity index (χ0v) is 13.4. The highest BCUT2D eigenvalue weighted by Gasteiger charge is 2.28. The van der Waals surface area contributed by atoms with Gasteiger partial charge in [-0.05, 0) is 37.3 Å². The average molecular weight is 289 g/mol.